The highest BCUT2D eigenvalue weighted by molar-refractivity contribution is 8.00. The predicted molar refractivity (Wildman–Crippen MR) is 111 cm³/mol. The van der Waals surface area contributed by atoms with Crippen molar-refractivity contribution in [1.29, 1.82) is 0 Å². The Labute approximate surface area is 172 Å². The monoisotopic (exact) mass is 408 g/mol. The molecule has 2 aromatic carbocycles. The molecule has 148 valence electrons. The van der Waals surface area contributed by atoms with Crippen LogP contribution in [0.1, 0.15) is 18.9 Å². The number of aromatic nitrogens is 3. The molecule has 1 saturated heterocycles. The highest BCUT2D eigenvalue weighted by atomic mass is 32.2. The maximum absolute atomic E-state index is 12.8. The molecule has 4 rings (SSSR count). The number of imide groups is 1. The van der Waals surface area contributed by atoms with Crippen LogP contribution in [0, 0.1) is 6.92 Å². The number of rotatable bonds is 6. The largest absolute Gasteiger partial charge is 0.494 e. The number of anilines is 1. The number of carbonyl (C=O) groups excluding carboxylic acids is 2. The van der Waals surface area contributed by atoms with E-state index < -0.39 is 5.25 Å². The maximum atomic E-state index is 12.8. The van der Waals surface area contributed by atoms with Gasteiger partial charge < -0.3 is 4.74 Å². The van der Waals surface area contributed by atoms with Crippen LogP contribution in [0.3, 0.4) is 0 Å². The van der Waals surface area contributed by atoms with E-state index in [1.165, 1.54) is 16.7 Å². The molecular weight excluding hydrogens is 388 g/mol. The molecule has 0 saturated carbocycles. The summed E-state index contributed by atoms with van der Waals surface area (Å²) < 4.78 is 5.41. The first-order chi connectivity index (χ1) is 14.0. The van der Waals surface area contributed by atoms with Crippen molar-refractivity contribution in [2.24, 2.45) is 0 Å². The SMILES string of the molecule is CCOc1ccc(N2C(=O)CC(Sc3n[nH]c(-c4cccc(C)c4)n3)C2=O)cc1. The molecule has 0 spiro atoms. The number of ether oxygens (including phenoxy) is 1. The highest BCUT2D eigenvalue weighted by Crippen LogP contribution is 2.33. The van der Waals surface area contributed by atoms with E-state index in [4.69, 9.17) is 4.74 Å². The fourth-order valence-electron chi connectivity index (χ4n) is 3.17. The molecule has 7 nitrogen and oxygen atoms in total. The number of nitrogens with zero attached hydrogens (tertiary/aromatic N) is 3. The Morgan fingerprint density at radius 1 is 1.21 bits per heavy atom. The molecule has 2 amide bonds. The molecule has 0 aliphatic carbocycles. The van der Waals surface area contributed by atoms with Crippen molar-refractivity contribution in [1.82, 2.24) is 15.2 Å². The normalized spacial score (nSPS) is 16.5. The molecule has 1 N–H and O–H groups in total. The molecule has 2 heterocycles. The summed E-state index contributed by atoms with van der Waals surface area (Å²) in [5, 5.41) is 7.01. The second kappa shape index (κ2) is 8.08. The average molecular weight is 408 g/mol. The van der Waals surface area contributed by atoms with Gasteiger partial charge in [-0.15, -0.1) is 5.10 Å². The second-order valence-corrected chi connectivity index (χ2v) is 7.81. The van der Waals surface area contributed by atoms with Crippen LogP contribution in [-0.4, -0.2) is 38.9 Å². The van der Waals surface area contributed by atoms with E-state index in [0.717, 1.165) is 11.1 Å². The first-order valence-corrected chi connectivity index (χ1v) is 10.2. The Morgan fingerprint density at radius 3 is 2.72 bits per heavy atom. The zero-order valence-electron chi connectivity index (χ0n) is 16.1. The Hall–Kier alpha value is -3.13. The summed E-state index contributed by atoms with van der Waals surface area (Å²) in [6, 6.07) is 14.9. The van der Waals surface area contributed by atoms with Crippen molar-refractivity contribution in [3.63, 3.8) is 0 Å². The van der Waals surface area contributed by atoms with Crippen molar-refractivity contribution >= 4 is 29.3 Å². The maximum Gasteiger partial charge on any atom is 0.247 e. The van der Waals surface area contributed by atoms with Crippen LogP contribution in [0.25, 0.3) is 11.4 Å². The number of hydrogen-bond donors (Lipinski definition) is 1. The van der Waals surface area contributed by atoms with Gasteiger partial charge in [0, 0.05) is 12.0 Å². The van der Waals surface area contributed by atoms with E-state index in [-0.39, 0.29) is 18.2 Å². The summed E-state index contributed by atoms with van der Waals surface area (Å²) >= 11 is 1.20. The van der Waals surface area contributed by atoms with E-state index in [2.05, 4.69) is 15.2 Å². The van der Waals surface area contributed by atoms with Gasteiger partial charge in [0.25, 0.3) is 0 Å². The van der Waals surface area contributed by atoms with Crippen molar-refractivity contribution in [2.45, 2.75) is 30.7 Å². The number of nitrogens with one attached hydrogen (secondary N) is 1. The molecule has 3 aromatic rings. The van der Waals surface area contributed by atoms with E-state index in [0.29, 0.717) is 29.0 Å². The van der Waals surface area contributed by atoms with Gasteiger partial charge in [-0.3, -0.25) is 14.7 Å². The van der Waals surface area contributed by atoms with Gasteiger partial charge in [0.1, 0.15) is 11.0 Å². The van der Waals surface area contributed by atoms with E-state index in [1.54, 1.807) is 24.3 Å². The van der Waals surface area contributed by atoms with Crippen molar-refractivity contribution in [3.05, 3.63) is 54.1 Å². The number of carbonyl (C=O) groups is 2. The van der Waals surface area contributed by atoms with Crippen molar-refractivity contribution < 1.29 is 14.3 Å². The summed E-state index contributed by atoms with van der Waals surface area (Å²) in [7, 11) is 0. The van der Waals surface area contributed by atoms with Gasteiger partial charge in [0.15, 0.2) is 5.82 Å². The van der Waals surface area contributed by atoms with Crippen LogP contribution in [0.5, 0.6) is 5.75 Å². The number of amides is 2. The Morgan fingerprint density at radius 2 is 2.00 bits per heavy atom. The zero-order valence-corrected chi connectivity index (χ0v) is 16.9. The smallest absolute Gasteiger partial charge is 0.247 e. The Bertz CT molecular complexity index is 1050. The molecule has 1 atom stereocenters. The van der Waals surface area contributed by atoms with E-state index in [9.17, 15) is 9.59 Å². The lowest BCUT2D eigenvalue weighted by molar-refractivity contribution is -0.121. The highest BCUT2D eigenvalue weighted by Gasteiger charge is 2.40. The number of aromatic amines is 1. The van der Waals surface area contributed by atoms with Gasteiger partial charge in [-0.25, -0.2) is 9.88 Å². The molecule has 0 bridgehead atoms. The third kappa shape index (κ3) is 4.02. The number of aryl methyl sites for hydroxylation is 1. The zero-order chi connectivity index (χ0) is 20.4. The van der Waals surface area contributed by atoms with Gasteiger partial charge in [-0.2, -0.15) is 0 Å². The number of benzene rings is 2. The molecule has 1 fully saturated rings. The third-order valence-electron chi connectivity index (χ3n) is 4.52. The quantitative estimate of drug-likeness (QED) is 0.627. The summed E-state index contributed by atoms with van der Waals surface area (Å²) in [5.74, 6) is 0.846. The molecule has 1 aliphatic heterocycles. The molecular formula is C21H20N4O3S. The van der Waals surface area contributed by atoms with Crippen LogP contribution in [0.4, 0.5) is 5.69 Å². The summed E-state index contributed by atoms with van der Waals surface area (Å²) in [5.41, 5.74) is 2.59. The number of H-pyrrole nitrogens is 1. The van der Waals surface area contributed by atoms with Gasteiger partial charge in [-0.1, -0.05) is 35.5 Å². The molecule has 29 heavy (non-hydrogen) atoms. The molecule has 1 unspecified atom stereocenters. The van der Waals surface area contributed by atoms with Crippen LogP contribution in [-0.2, 0) is 9.59 Å². The lowest BCUT2D eigenvalue weighted by atomic mass is 10.1. The fourth-order valence-corrected chi connectivity index (χ4v) is 4.10. The molecule has 8 heteroatoms. The van der Waals surface area contributed by atoms with Gasteiger partial charge in [0.05, 0.1) is 12.3 Å². The van der Waals surface area contributed by atoms with Crippen molar-refractivity contribution in [3.8, 4) is 17.1 Å². The van der Waals surface area contributed by atoms with Crippen LogP contribution in [0.15, 0.2) is 53.7 Å². The van der Waals surface area contributed by atoms with Gasteiger partial charge in [-0.05, 0) is 44.2 Å². The minimum Gasteiger partial charge on any atom is -0.494 e. The average Bonchev–Trinajstić information content (AvgIpc) is 3.28. The first kappa shape index (κ1) is 19.2. The minimum atomic E-state index is -0.546. The summed E-state index contributed by atoms with van der Waals surface area (Å²) in [6.07, 6.45) is 0.116. The molecule has 1 aromatic heterocycles. The number of hydrogen-bond acceptors (Lipinski definition) is 6. The standard InChI is InChI=1S/C21H20N4O3S/c1-3-28-16-9-7-15(8-10-16)25-18(26)12-17(20(25)27)29-21-22-19(23-24-21)14-6-4-5-13(2)11-14/h4-11,17H,3,12H2,1-2H3,(H,22,23,24). The van der Waals surface area contributed by atoms with Gasteiger partial charge >= 0.3 is 0 Å². The van der Waals surface area contributed by atoms with Crippen LogP contribution >= 0.6 is 11.8 Å². The predicted octanol–water partition coefficient (Wildman–Crippen LogP) is 3.60. The number of thioether (sulfide) groups is 1. The second-order valence-electron chi connectivity index (χ2n) is 6.64. The molecule has 0 radical (unpaired) electrons. The minimum absolute atomic E-state index is 0.116. The van der Waals surface area contributed by atoms with E-state index in [1.807, 2.05) is 38.1 Å². The van der Waals surface area contributed by atoms with Crippen LogP contribution < -0.4 is 9.64 Å². The van der Waals surface area contributed by atoms with Gasteiger partial charge in [0.2, 0.25) is 17.0 Å². The lowest BCUT2D eigenvalue weighted by Crippen LogP contribution is -2.31. The van der Waals surface area contributed by atoms with E-state index >= 15 is 0 Å². The Kier molecular flexibility index (Phi) is 5.35. The lowest BCUT2D eigenvalue weighted by Gasteiger charge is -2.15. The Balaban J connectivity index is 1.48. The summed E-state index contributed by atoms with van der Waals surface area (Å²) in [4.78, 5) is 31.0. The third-order valence-corrected chi connectivity index (χ3v) is 5.56. The summed E-state index contributed by atoms with van der Waals surface area (Å²) in [6.45, 7) is 4.46. The van der Waals surface area contributed by atoms with Crippen LogP contribution in [0.2, 0.25) is 0 Å². The molecule has 1 aliphatic rings. The first-order valence-electron chi connectivity index (χ1n) is 9.31. The fraction of sp³-hybridized carbons (Fsp3) is 0.238. The van der Waals surface area contributed by atoms with Crippen molar-refractivity contribution in [2.75, 3.05) is 11.5 Å². The topological polar surface area (TPSA) is 88.2 Å².